The van der Waals surface area contributed by atoms with Crippen LogP contribution in [0.15, 0.2) is 42.5 Å². The van der Waals surface area contributed by atoms with Gasteiger partial charge in [-0.2, -0.15) is 0 Å². The Bertz CT molecular complexity index is 719. The molecule has 5 heteroatoms. The van der Waals surface area contributed by atoms with Gasteiger partial charge < -0.3 is 19.5 Å². The molecule has 0 aliphatic carbocycles. The van der Waals surface area contributed by atoms with Gasteiger partial charge in [-0.25, -0.2) is 0 Å². The molecule has 0 radical (unpaired) electrons. The number of hydrogen-bond acceptors (Lipinski definition) is 4. The Morgan fingerprint density at radius 2 is 1.50 bits per heavy atom. The molecule has 2 rings (SSSR count). The van der Waals surface area contributed by atoms with Crippen molar-refractivity contribution in [2.24, 2.45) is 0 Å². The van der Waals surface area contributed by atoms with Gasteiger partial charge in [0.1, 0.15) is 0 Å². The van der Waals surface area contributed by atoms with Gasteiger partial charge in [0.2, 0.25) is 5.75 Å². The number of carbonyl (C=O) groups excluding carboxylic acids is 1. The van der Waals surface area contributed by atoms with Crippen molar-refractivity contribution in [1.82, 2.24) is 5.32 Å². The van der Waals surface area contributed by atoms with Crippen LogP contribution in [-0.4, -0.2) is 31.8 Å². The fourth-order valence-electron chi connectivity index (χ4n) is 2.93. The van der Waals surface area contributed by atoms with Crippen molar-refractivity contribution in [3.05, 3.63) is 53.6 Å². The van der Waals surface area contributed by atoms with E-state index >= 15 is 0 Å². The Balaban J connectivity index is 2.12. The van der Waals surface area contributed by atoms with E-state index in [-0.39, 0.29) is 11.9 Å². The minimum Gasteiger partial charge on any atom is -0.490 e. The van der Waals surface area contributed by atoms with Crippen LogP contribution in [0.3, 0.4) is 0 Å². The van der Waals surface area contributed by atoms with Crippen molar-refractivity contribution in [2.45, 2.75) is 46.6 Å². The molecule has 5 nitrogen and oxygen atoms in total. The second kappa shape index (κ2) is 11.2. The number of aryl methyl sites for hydroxylation is 1. The van der Waals surface area contributed by atoms with E-state index in [1.54, 1.807) is 12.1 Å². The molecule has 0 heterocycles. The monoisotopic (exact) mass is 385 g/mol. The quantitative estimate of drug-likeness (QED) is 0.612. The fraction of sp³-hybridized carbons (Fsp3) is 0.435. The molecule has 2 aromatic carbocycles. The number of carbonyl (C=O) groups is 1. The van der Waals surface area contributed by atoms with E-state index < -0.39 is 0 Å². The van der Waals surface area contributed by atoms with Crippen LogP contribution in [0, 0.1) is 0 Å². The summed E-state index contributed by atoms with van der Waals surface area (Å²) in [4.78, 5) is 12.8. The highest BCUT2D eigenvalue weighted by Gasteiger charge is 2.19. The highest BCUT2D eigenvalue weighted by molar-refractivity contribution is 5.95. The molecule has 1 N–H and O–H groups in total. The van der Waals surface area contributed by atoms with E-state index in [0.29, 0.717) is 42.6 Å². The number of amides is 1. The fourth-order valence-corrected chi connectivity index (χ4v) is 2.93. The van der Waals surface area contributed by atoms with E-state index in [0.717, 1.165) is 12.8 Å². The SMILES string of the molecule is CCOc1cc(C(=O)N[C@H](C)CCc2ccccc2)cc(OCC)c1OCC. The molecule has 152 valence electrons. The van der Waals surface area contributed by atoms with Crippen LogP contribution < -0.4 is 19.5 Å². The molecule has 28 heavy (non-hydrogen) atoms. The van der Waals surface area contributed by atoms with Gasteiger partial charge in [-0.3, -0.25) is 4.79 Å². The summed E-state index contributed by atoms with van der Waals surface area (Å²) < 4.78 is 17.1. The Morgan fingerprint density at radius 3 is 2.04 bits per heavy atom. The smallest absolute Gasteiger partial charge is 0.251 e. The number of benzene rings is 2. The zero-order valence-corrected chi connectivity index (χ0v) is 17.3. The minimum atomic E-state index is -0.148. The van der Waals surface area contributed by atoms with Crippen molar-refractivity contribution in [1.29, 1.82) is 0 Å². The number of ether oxygens (including phenoxy) is 3. The molecule has 0 aliphatic rings. The summed E-state index contributed by atoms with van der Waals surface area (Å²) in [5.74, 6) is 1.44. The van der Waals surface area contributed by atoms with Crippen LogP contribution in [0.25, 0.3) is 0 Å². The van der Waals surface area contributed by atoms with Crippen molar-refractivity contribution in [3.8, 4) is 17.2 Å². The van der Waals surface area contributed by atoms with Crippen LogP contribution in [0.5, 0.6) is 17.2 Å². The summed E-state index contributed by atoms with van der Waals surface area (Å²) in [6.45, 7) is 9.16. The topological polar surface area (TPSA) is 56.8 Å². The molecule has 0 fully saturated rings. The second-order valence-corrected chi connectivity index (χ2v) is 6.50. The van der Waals surface area contributed by atoms with Gasteiger partial charge in [-0.15, -0.1) is 0 Å². The Hall–Kier alpha value is -2.69. The maximum atomic E-state index is 12.8. The molecule has 0 bridgehead atoms. The molecule has 0 unspecified atom stereocenters. The maximum absolute atomic E-state index is 12.8. The van der Waals surface area contributed by atoms with Crippen LogP contribution in [0.2, 0.25) is 0 Å². The predicted molar refractivity (Wildman–Crippen MR) is 112 cm³/mol. The number of rotatable bonds is 11. The lowest BCUT2D eigenvalue weighted by atomic mass is 10.1. The van der Waals surface area contributed by atoms with Crippen molar-refractivity contribution in [2.75, 3.05) is 19.8 Å². The third-order valence-corrected chi connectivity index (χ3v) is 4.26. The maximum Gasteiger partial charge on any atom is 0.251 e. The van der Waals surface area contributed by atoms with Crippen LogP contribution in [0.1, 0.15) is 50.0 Å². The predicted octanol–water partition coefficient (Wildman–Crippen LogP) is 4.63. The molecule has 0 aliphatic heterocycles. The van der Waals surface area contributed by atoms with Gasteiger partial charge in [0, 0.05) is 11.6 Å². The first-order valence-electron chi connectivity index (χ1n) is 10.00. The minimum absolute atomic E-state index is 0.0466. The van der Waals surface area contributed by atoms with Gasteiger partial charge in [-0.1, -0.05) is 30.3 Å². The van der Waals surface area contributed by atoms with Crippen molar-refractivity contribution >= 4 is 5.91 Å². The summed E-state index contributed by atoms with van der Waals surface area (Å²) in [6, 6.07) is 13.8. The van der Waals surface area contributed by atoms with Crippen LogP contribution in [-0.2, 0) is 6.42 Å². The molecule has 1 atom stereocenters. The molecular formula is C23H31NO4. The standard InChI is InChI=1S/C23H31NO4/c1-5-26-20-15-19(16-21(27-6-2)22(20)28-7-3)23(25)24-17(4)13-14-18-11-9-8-10-12-18/h8-12,15-17H,5-7,13-14H2,1-4H3,(H,24,25)/t17-/m1/s1. The molecule has 2 aromatic rings. The van der Waals surface area contributed by atoms with Crippen LogP contribution >= 0.6 is 0 Å². The van der Waals surface area contributed by atoms with E-state index in [2.05, 4.69) is 17.4 Å². The Kier molecular flexibility index (Phi) is 8.66. The second-order valence-electron chi connectivity index (χ2n) is 6.50. The first-order valence-corrected chi connectivity index (χ1v) is 10.00. The van der Waals surface area contributed by atoms with Crippen molar-refractivity contribution < 1.29 is 19.0 Å². The summed E-state index contributed by atoms with van der Waals surface area (Å²) in [6.07, 6.45) is 1.78. The Labute approximate surface area is 168 Å². The summed E-state index contributed by atoms with van der Waals surface area (Å²) in [7, 11) is 0. The van der Waals surface area contributed by atoms with E-state index in [4.69, 9.17) is 14.2 Å². The van der Waals surface area contributed by atoms with Gasteiger partial charge in [0.25, 0.3) is 5.91 Å². The van der Waals surface area contributed by atoms with E-state index in [1.165, 1.54) is 5.56 Å². The third-order valence-electron chi connectivity index (χ3n) is 4.26. The molecule has 0 saturated carbocycles. The number of hydrogen-bond donors (Lipinski definition) is 1. The average Bonchev–Trinajstić information content (AvgIpc) is 2.69. The highest BCUT2D eigenvalue weighted by Crippen LogP contribution is 2.39. The highest BCUT2D eigenvalue weighted by atomic mass is 16.5. The number of nitrogens with one attached hydrogen (secondary N) is 1. The summed E-state index contributed by atoms with van der Waals surface area (Å²) >= 11 is 0. The molecule has 0 aromatic heterocycles. The molecule has 0 spiro atoms. The Morgan fingerprint density at radius 1 is 0.929 bits per heavy atom. The van der Waals surface area contributed by atoms with Crippen molar-refractivity contribution in [3.63, 3.8) is 0 Å². The van der Waals surface area contributed by atoms with E-state index in [9.17, 15) is 4.79 Å². The summed E-state index contributed by atoms with van der Waals surface area (Å²) in [5.41, 5.74) is 1.77. The zero-order chi connectivity index (χ0) is 20.4. The summed E-state index contributed by atoms with van der Waals surface area (Å²) in [5, 5.41) is 3.07. The average molecular weight is 386 g/mol. The molecule has 0 saturated heterocycles. The molecule has 1 amide bonds. The first-order chi connectivity index (χ1) is 13.6. The van der Waals surface area contributed by atoms with Gasteiger partial charge in [0.05, 0.1) is 19.8 Å². The first kappa shape index (κ1) is 21.6. The largest absolute Gasteiger partial charge is 0.490 e. The lowest BCUT2D eigenvalue weighted by molar-refractivity contribution is 0.0937. The van der Waals surface area contributed by atoms with Crippen LogP contribution in [0.4, 0.5) is 0 Å². The lowest BCUT2D eigenvalue weighted by Gasteiger charge is -2.18. The third kappa shape index (κ3) is 6.19. The van der Waals surface area contributed by atoms with Gasteiger partial charge in [-0.05, 0) is 58.2 Å². The molecular weight excluding hydrogens is 354 g/mol. The van der Waals surface area contributed by atoms with Gasteiger partial charge >= 0.3 is 0 Å². The zero-order valence-electron chi connectivity index (χ0n) is 17.3. The van der Waals surface area contributed by atoms with E-state index in [1.807, 2.05) is 45.9 Å². The van der Waals surface area contributed by atoms with Gasteiger partial charge in [0.15, 0.2) is 11.5 Å². The normalized spacial score (nSPS) is 11.6. The lowest BCUT2D eigenvalue weighted by Crippen LogP contribution is -2.33.